The summed E-state index contributed by atoms with van der Waals surface area (Å²) in [5.41, 5.74) is 27.0. The largest absolute Gasteiger partial charge is 0.339 e. The maximum absolute atomic E-state index is 7.69. The van der Waals surface area contributed by atoms with E-state index in [4.69, 9.17) is 8.22 Å². The lowest BCUT2D eigenvalue weighted by atomic mass is 10.00. The van der Waals surface area contributed by atoms with Crippen LogP contribution in [0, 0.1) is 55.2 Å². The highest BCUT2D eigenvalue weighted by Gasteiger charge is 2.25. The molecule has 8 nitrogen and oxygen atoms in total. The molecule has 108 heavy (non-hydrogen) atoms. The summed E-state index contributed by atoms with van der Waals surface area (Å²) in [7, 11) is 16.9. The number of hydrogen-bond donors (Lipinski definition) is 0. The van der Waals surface area contributed by atoms with Crippen molar-refractivity contribution in [1.82, 2.24) is 18.3 Å². The van der Waals surface area contributed by atoms with E-state index in [0.29, 0.717) is 11.1 Å². The summed E-state index contributed by atoms with van der Waals surface area (Å²) in [6, 6.07) is 85.8. The van der Waals surface area contributed by atoms with Gasteiger partial charge in [-0.25, -0.2) is 0 Å². The number of fused-ring (bicyclic) bond motifs is 17. The van der Waals surface area contributed by atoms with Gasteiger partial charge in [0.25, 0.3) is 0 Å². The lowest BCUT2D eigenvalue weighted by Gasteiger charge is -2.06. The van der Waals surface area contributed by atoms with E-state index in [-0.39, 0.29) is 0 Å². The maximum Gasteiger partial charge on any atom is 0.213 e. The van der Waals surface area contributed by atoms with Crippen molar-refractivity contribution < 1.29 is 26.5 Å². The Bertz CT molecular complexity index is 7390. The van der Waals surface area contributed by atoms with Crippen LogP contribution in [0.3, 0.4) is 0 Å². The van der Waals surface area contributed by atoms with Gasteiger partial charge in [-0.2, -0.15) is 18.3 Å². The summed E-state index contributed by atoms with van der Waals surface area (Å²) >= 11 is 0. The molecule has 0 saturated heterocycles. The predicted octanol–water partition coefficient (Wildman–Crippen LogP) is 22.4. The van der Waals surface area contributed by atoms with Crippen molar-refractivity contribution in [2.75, 3.05) is 0 Å². The molecule has 0 N–H and O–H groups in total. The Labute approximate surface area is 640 Å². The van der Waals surface area contributed by atoms with Crippen LogP contribution in [0.25, 0.3) is 175 Å². The molecular weight excluding hydrogens is 1310 g/mol. The zero-order valence-electron chi connectivity index (χ0n) is 70.0. The minimum absolute atomic E-state index is 0.378. The SMILES string of the molecule is Cc1ccc(-c2cc3c4cc5ccccc5cc4n(C)c3c[n+]2C)c(C)c1.Cc1ccccc1-c1cc2c3cc4ccccc4cc3n(C)c2c[n+]1C.[2H]C([2H])([2H])c1ccc(-c2cc3c4c5ccccc5ccc4n(C)c3c[n+]2C)c(C)c1.[2H]C([2H])([2H])c1ccc(-c2cc3c4cc5ccc(C)cc5cc4n(C)c3c[n+]2C)c(C)c1. The van der Waals surface area contributed by atoms with Crippen LogP contribution in [0.1, 0.15) is 52.7 Å². The fourth-order valence-electron chi connectivity index (χ4n) is 17.1. The first-order valence-corrected chi connectivity index (χ1v) is 37.1. The molecule has 8 heteroatoms. The van der Waals surface area contributed by atoms with E-state index in [9.17, 15) is 0 Å². The van der Waals surface area contributed by atoms with E-state index < -0.39 is 13.7 Å². The summed E-state index contributed by atoms with van der Waals surface area (Å²) in [5.74, 6) is 0. The van der Waals surface area contributed by atoms with Crippen molar-refractivity contribution in [1.29, 1.82) is 0 Å². The quantitative estimate of drug-likeness (QED) is 0.157. The third-order valence-electron chi connectivity index (χ3n) is 22.9. The average molecular weight is 1410 g/mol. The molecule has 0 atom stereocenters. The van der Waals surface area contributed by atoms with E-state index in [1.54, 1.807) is 24.3 Å². The van der Waals surface area contributed by atoms with Crippen LogP contribution < -0.4 is 18.3 Å². The number of aromatic nitrogens is 8. The van der Waals surface area contributed by atoms with Gasteiger partial charge >= 0.3 is 0 Å². The Morgan fingerprint density at radius 3 is 0.991 bits per heavy atom. The molecule has 20 rings (SSSR count). The molecular formula is C100H92N8+4. The van der Waals surface area contributed by atoms with E-state index in [0.717, 1.165) is 33.6 Å². The van der Waals surface area contributed by atoms with Gasteiger partial charge in [0, 0.05) is 148 Å². The number of hydrogen-bond acceptors (Lipinski definition) is 0. The zero-order chi connectivity index (χ0) is 79.8. The molecule has 0 bridgehead atoms. The molecule has 0 aliphatic carbocycles. The minimum atomic E-state index is -2.09. The van der Waals surface area contributed by atoms with Crippen LogP contribution in [0.4, 0.5) is 0 Å². The normalized spacial score (nSPS) is 12.8. The van der Waals surface area contributed by atoms with Crippen molar-refractivity contribution in [3.05, 3.63) is 312 Å². The highest BCUT2D eigenvalue weighted by Crippen LogP contribution is 2.40. The van der Waals surface area contributed by atoms with Crippen LogP contribution in [0.2, 0.25) is 0 Å². The lowest BCUT2D eigenvalue weighted by molar-refractivity contribution is -0.659. The average Bonchev–Trinajstić information content (AvgIpc) is 1.59. The molecule has 0 aliphatic heterocycles. The Morgan fingerprint density at radius 2 is 0.546 bits per heavy atom. The van der Waals surface area contributed by atoms with Gasteiger partial charge in [0.1, 0.15) is 50.3 Å². The number of nitrogens with zero attached hydrogens (tertiary/aromatic N) is 8. The molecule has 0 spiro atoms. The molecule has 0 unspecified atom stereocenters. The first kappa shape index (κ1) is 61.8. The topological polar surface area (TPSA) is 35.2 Å². The fourth-order valence-corrected chi connectivity index (χ4v) is 17.1. The van der Waals surface area contributed by atoms with Crippen molar-refractivity contribution in [2.24, 2.45) is 56.4 Å². The van der Waals surface area contributed by atoms with Gasteiger partial charge in [-0.05, 0) is 187 Å². The summed E-state index contributed by atoms with van der Waals surface area (Å²) in [6.45, 7) is 8.42. The van der Waals surface area contributed by atoms with E-state index in [1.165, 1.54) is 175 Å². The van der Waals surface area contributed by atoms with Crippen LogP contribution in [-0.2, 0) is 56.4 Å². The molecule has 0 aliphatic rings. The minimum Gasteiger partial charge on any atom is -0.339 e. The second kappa shape index (κ2) is 26.8. The molecule has 528 valence electrons. The number of rotatable bonds is 4. The van der Waals surface area contributed by atoms with Crippen molar-refractivity contribution in [3.8, 4) is 45.0 Å². The second-order valence-electron chi connectivity index (χ2n) is 30.0. The highest BCUT2D eigenvalue weighted by molar-refractivity contribution is 6.21. The molecule has 0 radical (unpaired) electrons. The second-order valence-corrected chi connectivity index (χ2v) is 30.0. The zero-order valence-corrected chi connectivity index (χ0v) is 64.0. The third-order valence-corrected chi connectivity index (χ3v) is 22.9. The molecule has 0 saturated carbocycles. The van der Waals surface area contributed by atoms with Gasteiger partial charge in [-0.3, -0.25) is 0 Å². The molecule has 12 aromatic carbocycles. The van der Waals surface area contributed by atoms with Crippen molar-refractivity contribution >= 4 is 130 Å². The number of benzene rings is 12. The molecule has 20 aromatic rings. The first-order valence-electron chi connectivity index (χ1n) is 40.1. The van der Waals surface area contributed by atoms with Gasteiger partial charge in [-0.1, -0.05) is 174 Å². The molecule has 8 aromatic heterocycles. The van der Waals surface area contributed by atoms with E-state index in [1.807, 2.05) is 40.1 Å². The highest BCUT2D eigenvalue weighted by atomic mass is 15.0. The third kappa shape index (κ3) is 11.8. The Kier molecular flexibility index (Phi) is 15.3. The van der Waals surface area contributed by atoms with E-state index in [2.05, 4.69) is 338 Å². The number of pyridine rings is 4. The van der Waals surface area contributed by atoms with Crippen LogP contribution in [-0.4, -0.2) is 18.3 Å². The lowest BCUT2D eigenvalue weighted by Crippen LogP contribution is -2.30. The summed E-state index contributed by atoms with van der Waals surface area (Å²) < 4.78 is 64.0. The summed E-state index contributed by atoms with van der Waals surface area (Å²) in [6.07, 6.45) is 8.84. The number of aryl methyl sites for hydroxylation is 16. The van der Waals surface area contributed by atoms with Gasteiger partial charge in [0.2, 0.25) is 22.8 Å². The monoisotopic (exact) mass is 1410 g/mol. The predicted molar refractivity (Wildman–Crippen MR) is 456 cm³/mol. The van der Waals surface area contributed by atoms with Crippen LogP contribution in [0.5, 0.6) is 0 Å². The van der Waals surface area contributed by atoms with Crippen LogP contribution in [0.15, 0.2) is 267 Å². The molecule has 0 amide bonds. The van der Waals surface area contributed by atoms with Crippen molar-refractivity contribution in [2.45, 2.75) is 55.2 Å². The standard InChI is InChI=1S/C26H25N2.2C25H23N2.C24H21N2/c1-16-7-9-21(18(3)10-16)24-14-23-22-12-19-8-6-17(2)11-20(19)13-25(22)28(5)26(23)15-27(24)4;1-16-9-11-19(17(2)13-16)23-14-21-24(15-26(23)3)27(4)22-12-10-18-7-5-6-8-20(18)25(21)22;1-16-9-10-20(17(2)11-16)23-14-22-21-12-18-7-5-6-8-19(18)13-24(21)27(4)25(22)15-26(23)3;1-16-8-4-7-11-19(16)22-14-21-20-12-17-9-5-6-10-18(17)13-23(20)26(3)24(21)15-25(22)2/h6-15H,1-5H3;2*5-15H,1-4H3;4-15H,1-3H3/q4*+1/i2*1D3;;. The maximum atomic E-state index is 7.69. The fraction of sp³-hybridized carbons (Fsp3) is 0.160. The Morgan fingerprint density at radius 1 is 0.231 bits per heavy atom. The summed E-state index contributed by atoms with van der Waals surface area (Å²) in [4.78, 5) is 0. The van der Waals surface area contributed by atoms with Gasteiger partial charge < -0.3 is 18.3 Å². The van der Waals surface area contributed by atoms with Crippen molar-refractivity contribution in [3.63, 3.8) is 0 Å². The Hall–Kier alpha value is -12.5. The van der Waals surface area contributed by atoms with Gasteiger partial charge in [0.05, 0.1) is 0 Å². The van der Waals surface area contributed by atoms with Gasteiger partial charge in [0.15, 0.2) is 24.8 Å². The smallest absolute Gasteiger partial charge is 0.213 e. The van der Waals surface area contributed by atoms with Gasteiger partial charge in [-0.15, -0.1) is 0 Å². The summed E-state index contributed by atoms with van der Waals surface area (Å²) in [5, 5.41) is 20.3. The Balaban J connectivity index is 0.000000110. The molecule has 0 fully saturated rings. The molecule has 8 heterocycles. The van der Waals surface area contributed by atoms with E-state index >= 15 is 0 Å². The van der Waals surface area contributed by atoms with Crippen LogP contribution >= 0.6 is 0 Å². The first-order chi connectivity index (χ1) is 54.5.